The molecule has 2 fully saturated rings. The van der Waals surface area contributed by atoms with Crippen LogP contribution in [0.5, 0.6) is 0 Å². The number of hydrogen-bond acceptors (Lipinski definition) is 10. The van der Waals surface area contributed by atoms with Crippen molar-refractivity contribution in [2.45, 2.75) is 122 Å². The van der Waals surface area contributed by atoms with E-state index in [1.807, 2.05) is 58.2 Å². The van der Waals surface area contributed by atoms with Gasteiger partial charge in [0.25, 0.3) is 0 Å². The molecule has 12 nitrogen and oxygen atoms in total. The van der Waals surface area contributed by atoms with E-state index in [2.05, 4.69) is 22.6 Å². The van der Waals surface area contributed by atoms with Gasteiger partial charge in [0.2, 0.25) is 0 Å². The number of ether oxygens (including phenoxy) is 3. The summed E-state index contributed by atoms with van der Waals surface area (Å²) < 4.78 is 20.1. The van der Waals surface area contributed by atoms with Gasteiger partial charge in [-0.2, -0.15) is 0 Å². The Bertz CT molecular complexity index is 1470. The fraction of sp³-hybridized carbons (Fsp3) is 0.694. The molecule has 1 amide bonds. The van der Waals surface area contributed by atoms with Gasteiger partial charge in [-0.15, -0.1) is 5.10 Å². The van der Waals surface area contributed by atoms with Crippen molar-refractivity contribution in [3.05, 3.63) is 30.5 Å². The van der Waals surface area contributed by atoms with Crippen molar-refractivity contribution in [3.8, 4) is 11.3 Å². The summed E-state index contributed by atoms with van der Waals surface area (Å²) in [4.78, 5) is 42.7. The van der Waals surface area contributed by atoms with E-state index in [0.29, 0.717) is 51.0 Å². The highest BCUT2D eigenvalue weighted by Gasteiger charge is 2.65. The number of amides is 1. The van der Waals surface area contributed by atoms with E-state index in [9.17, 15) is 14.4 Å². The Kier molecular flexibility index (Phi) is 12.2. The van der Waals surface area contributed by atoms with E-state index in [-0.39, 0.29) is 11.7 Å². The van der Waals surface area contributed by atoms with E-state index in [0.717, 1.165) is 24.1 Å². The number of aromatic nitrogens is 3. The monoisotopic (exact) mass is 678 g/mol. The van der Waals surface area contributed by atoms with Gasteiger partial charge in [0.1, 0.15) is 29.2 Å². The molecule has 268 valence electrons. The minimum absolute atomic E-state index is 0.166. The third kappa shape index (κ3) is 7.67. The van der Waals surface area contributed by atoms with Gasteiger partial charge >= 0.3 is 12.1 Å². The minimum atomic E-state index is -1.24. The molecule has 0 aliphatic carbocycles. The molecule has 0 bridgehead atoms. The first-order chi connectivity index (χ1) is 23.2. The molecule has 13 heteroatoms. The number of nitrogens with one attached hydrogen (secondary N) is 1. The fourth-order valence-electron chi connectivity index (χ4n) is 7.80. The Hall–Kier alpha value is -3.45. The number of nitrogen functional groups attached to an aromatic ring is 1. The Morgan fingerprint density at radius 3 is 2.49 bits per heavy atom. The second-order valence-electron chi connectivity index (χ2n) is 14.4. The molecule has 2 radical (unpaired) electrons. The van der Waals surface area contributed by atoms with Gasteiger partial charge in [-0.25, -0.2) is 4.79 Å². The normalized spacial score (nSPS) is 33.3. The number of cyclic esters (lactones) is 1. The van der Waals surface area contributed by atoms with Gasteiger partial charge in [0.15, 0.2) is 5.60 Å². The quantitative estimate of drug-likeness (QED) is 0.120. The maximum Gasteiger partial charge on any atom is 0.412 e. The topological polar surface area (TPSA) is 151 Å². The van der Waals surface area contributed by atoms with Gasteiger partial charge in [-0.1, -0.05) is 45.0 Å². The van der Waals surface area contributed by atoms with E-state index < -0.39 is 52.7 Å². The molecule has 2 saturated heterocycles. The Balaban J connectivity index is 1.58. The summed E-state index contributed by atoms with van der Waals surface area (Å²) in [6, 6.07) is 7.51. The van der Waals surface area contributed by atoms with Crippen LogP contribution in [0.25, 0.3) is 11.3 Å². The van der Waals surface area contributed by atoms with Crippen molar-refractivity contribution in [1.29, 1.82) is 0 Å². The lowest BCUT2D eigenvalue weighted by molar-refractivity contribution is -0.177. The molecule has 1 aromatic carbocycles. The van der Waals surface area contributed by atoms with Crippen LogP contribution in [0.2, 0.25) is 5.82 Å². The van der Waals surface area contributed by atoms with Crippen LogP contribution in [0.4, 0.5) is 10.5 Å². The average Bonchev–Trinajstić information content (AvgIpc) is 3.64. The summed E-state index contributed by atoms with van der Waals surface area (Å²) in [7, 11) is 8.28. The van der Waals surface area contributed by atoms with Crippen LogP contribution in [0.15, 0.2) is 30.5 Å². The lowest BCUT2D eigenvalue weighted by Crippen LogP contribution is -2.70. The lowest BCUT2D eigenvalue weighted by atomic mass is 9.62. The number of nitrogens with zero attached hydrogens (tertiary/aromatic N) is 4. The number of carbonyl (C=O) groups is 3. The van der Waals surface area contributed by atoms with Crippen molar-refractivity contribution in [3.63, 3.8) is 0 Å². The predicted molar refractivity (Wildman–Crippen MR) is 189 cm³/mol. The summed E-state index contributed by atoms with van der Waals surface area (Å²) in [5.41, 5.74) is 5.22. The van der Waals surface area contributed by atoms with Crippen molar-refractivity contribution < 1.29 is 28.6 Å². The first-order valence-electron chi connectivity index (χ1n) is 17.7. The zero-order valence-electron chi connectivity index (χ0n) is 30.5. The van der Waals surface area contributed by atoms with Crippen molar-refractivity contribution >= 4 is 31.4 Å². The summed E-state index contributed by atoms with van der Waals surface area (Å²) >= 11 is 0. The number of anilines is 1. The number of fused-ring (bicyclic) bond motifs is 1. The number of nitrogens with two attached hydrogens (primary N) is 1. The summed E-state index contributed by atoms with van der Waals surface area (Å²) in [6.07, 6.45) is 4.24. The standard InChI is InChI=1S/C36H55BN6O6/c1-9-29-35(7)36(10-2,39-17-16-23(3)21-34(6,47-8)31(37)24(4)30(44)25(5)32(45)48-29)43(33(46)49-35)19-12-11-18-42-22-28(40-41-42)26-14-13-15-27(38)20-26/h13-15,20,22-25,29,31,39H,9-12,16-19,21,38H2,1-8H3/t23-,24+,25-,29-,31-,34-,35-,36+/m1/s1. The van der Waals surface area contributed by atoms with Crippen LogP contribution in [0.1, 0.15) is 87.0 Å². The number of ketones is 1. The van der Waals surface area contributed by atoms with E-state index in [4.69, 9.17) is 27.8 Å². The first kappa shape index (κ1) is 38.4. The third-order valence-corrected chi connectivity index (χ3v) is 11.0. The smallest absolute Gasteiger partial charge is 0.412 e. The molecule has 2 aromatic rings. The number of unbranched alkanes of at least 4 members (excludes halogenated alkanes) is 1. The Labute approximate surface area is 292 Å². The van der Waals surface area contributed by atoms with Crippen molar-refractivity contribution in [2.75, 3.05) is 25.9 Å². The van der Waals surface area contributed by atoms with Crippen molar-refractivity contribution in [1.82, 2.24) is 25.2 Å². The molecule has 0 saturated carbocycles. The predicted octanol–water partition coefficient (Wildman–Crippen LogP) is 5.17. The molecular weight excluding hydrogens is 623 g/mol. The van der Waals surface area contributed by atoms with Gasteiger partial charge in [0, 0.05) is 37.4 Å². The maximum atomic E-state index is 13.8. The zero-order chi connectivity index (χ0) is 36.1. The van der Waals surface area contributed by atoms with Crippen LogP contribution in [0.3, 0.4) is 0 Å². The first-order valence-corrected chi connectivity index (χ1v) is 17.7. The van der Waals surface area contributed by atoms with Crippen LogP contribution in [-0.2, 0) is 30.3 Å². The Morgan fingerprint density at radius 2 is 1.84 bits per heavy atom. The van der Waals surface area contributed by atoms with Crippen LogP contribution >= 0.6 is 0 Å². The molecule has 2 aliphatic rings. The molecule has 8 atom stereocenters. The van der Waals surface area contributed by atoms with E-state index >= 15 is 0 Å². The summed E-state index contributed by atoms with van der Waals surface area (Å²) in [5, 5.41) is 12.3. The average molecular weight is 679 g/mol. The number of esters is 1. The van der Waals surface area contributed by atoms with Gasteiger partial charge in [-0.05, 0) is 89.7 Å². The maximum absolute atomic E-state index is 13.8. The number of benzene rings is 1. The molecule has 3 heterocycles. The van der Waals surface area contributed by atoms with E-state index in [1.165, 1.54) is 0 Å². The molecule has 4 rings (SSSR count). The van der Waals surface area contributed by atoms with Crippen LogP contribution in [-0.4, -0.2) is 88.8 Å². The number of Topliss-reactive ketones (excluding diaryl/α,β-unsaturated/α-hetero) is 1. The SMILES string of the molecule is [B][C@@H]1[C@@H](C)C(=O)[C@@H](C)C(=O)O[C@H](CC)[C@@]2(C)OC(=O)N(CCCCn3cc(-c4cccc(N)c4)nn3)[C@]2(CC)NCC[C@@H](C)C[C@@]1(C)OC. The van der Waals surface area contributed by atoms with E-state index in [1.54, 1.807) is 30.5 Å². The fourth-order valence-corrected chi connectivity index (χ4v) is 7.80. The van der Waals surface area contributed by atoms with Crippen LogP contribution < -0.4 is 11.1 Å². The molecule has 0 spiro atoms. The van der Waals surface area contributed by atoms with Gasteiger partial charge in [-0.3, -0.25) is 24.5 Å². The molecular formula is C36H55BN6O6. The second kappa shape index (κ2) is 15.6. The number of hydrogen-bond donors (Lipinski definition) is 2. The molecule has 2 aliphatic heterocycles. The highest BCUT2D eigenvalue weighted by atomic mass is 16.6. The van der Waals surface area contributed by atoms with Gasteiger partial charge < -0.3 is 19.9 Å². The minimum Gasteiger partial charge on any atom is -0.457 e. The highest BCUT2D eigenvalue weighted by molar-refractivity contribution is 6.15. The number of methoxy groups -OCH3 is 1. The largest absolute Gasteiger partial charge is 0.457 e. The Morgan fingerprint density at radius 1 is 1.12 bits per heavy atom. The van der Waals surface area contributed by atoms with Gasteiger partial charge in [0.05, 0.1) is 19.6 Å². The molecule has 49 heavy (non-hydrogen) atoms. The zero-order valence-corrected chi connectivity index (χ0v) is 30.5. The molecule has 0 unspecified atom stereocenters. The second-order valence-corrected chi connectivity index (χ2v) is 14.4. The van der Waals surface area contributed by atoms with Crippen LogP contribution in [0, 0.1) is 17.8 Å². The highest BCUT2D eigenvalue weighted by Crippen LogP contribution is 2.45. The molecule has 1 aromatic heterocycles. The number of carbonyl (C=O) groups excluding carboxylic acids is 3. The lowest BCUT2D eigenvalue weighted by Gasteiger charge is -2.48. The number of rotatable bonds is 9. The molecule has 3 N–H and O–H groups in total. The third-order valence-electron chi connectivity index (χ3n) is 11.0. The number of aryl methyl sites for hydroxylation is 1. The summed E-state index contributed by atoms with van der Waals surface area (Å²) in [6.45, 7) is 14.7. The van der Waals surface area contributed by atoms with Crippen molar-refractivity contribution in [2.24, 2.45) is 17.8 Å². The summed E-state index contributed by atoms with van der Waals surface area (Å²) in [5.74, 6) is -3.13.